The van der Waals surface area contributed by atoms with Crippen molar-refractivity contribution in [1.29, 1.82) is 0 Å². The number of carbonyl (C=O) groups excluding carboxylic acids is 2. The Bertz CT molecular complexity index is 380. The van der Waals surface area contributed by atoms with Crippen molar-refractivity contribution in [2.75, 3.05) is 18.1 Å². The molecule has 0 bridgehead atoms. The lowest BCUT2D eigenvalue weighted by atomic mass is 10.7. The van der Waals surface area contributed by atoms with Crippen LogP contribution >= 0.6 is 11.8 Å². The van der Waals surface area contributed by atoms with Gasteiger partial charge in [0.1, 0.15) is 0 Å². The summed E-state index contributed by atoms with van der Waals surface area (Å²) in [4.78, 5) is 25.8. The second-order valence-corrected chi connectivity index (χ2v) is 3.50. The molecule has 1 heterocycles. The van der Waals surface area contributed by atoms with Crippen LogP contribution in [-0.2, 0) is 9.53 Å². The number of hydrogen-bond donors (Lipinski definition) is 3. The van der Waals surface area contributed by atoms with Crippen molar-refractivity contribution < 1.29 is 14.3 Å². The van der Waals surface area contributed by atoms with Gasteiger partial charge in [-0.05, 0) is 6.92 Å². The average molecular weight is 245 g/mol. The number of rotatable bonds is 4. The number of thioether (sulfide) groups is 1. The van der Waals surface area contributed by atoms with Crippen molar-refractivity contribution in [1.82, 2.24) is 20.5 Å². The van der Waals surface area contributed by atoms with E-state index in [9.17, 15) is 9.59 Å². The number of nitrogens with one attached hydrogen (secondary N) is 2. The van der Waals surface area contributed by atoms with Gasteiger partial charge in [-0.2, -0.15) is 4.98 Å². The van der Waals surface area contributed by atoms with E-state index in [2.05, 4.69) is 19.9 Å². The Balaban J connectivity index is 2.27. The molecule has 8 nitrogen and oxygen atoms in total. The fourth-order valence-electron chi connectivity index (χ4n) is 0.770. The molecule has 0 saturated heterocycles. The van der Waals surface area contributed by atoms with Crippen LogP contribution in [0.1, 0.15) is 6.92 Å². The third-order valence-electron chi connectivity index (χ3n) is 1.33. The lowest BCUT2D eigenvalue weighted by Gasteiger charge is -2.02. The van der Waals surface area contributed by atoms with Gasteiger partial charge >= 0.3 is 6.09 Å². The molecular formula is C7H11N5O3S. The SMILES string of the molecule is CCOC(=O)NC(=O)CSc1n[nH]c(N)n1. The van der Waals surface area contributed by atoms with Crippen molar-refractivity contribution in [2.24, 2.45) is 0 Å². The maximum Gasteiger partial charge on any atom is 0.413 e. The molecule has 0 spiro atoms. The Morgan fingerprint density at radius 3 is 2.94 bits per heavy atom. The molecule has 1 aromatic heterocycles. The van der Waals surface area contributed by atoms with Gasteiger partial charge in [-0.1, -0.05) is 11.8 Å². The predicted octanol–water partition coefficient (Wildman–Crippen LogP) is -0.248. The first-order valence-electron chi connectivity index (χ1n) is 4.39. The smallest absolute Gasteiger partial charge is 0.413 e. The second-order valence-electron chi connectivity index (χ2n) is 2.56. The molecule has 1 rings (SSSR count). The highest BCUT2D eigenvalue weighted by Gasteiger charge is 2.10. The Morgan fingerprint density at radius 2 is 2.38 bits per heavy atom. The Labute approximate surface area is 95.3 Å². The molecule has 0 fully saturated rings. The number of nitrogens with two attached hydrogens (primary N) is 1. The maximum absolute atomic E-state index is 11.2. The van der Waals surface area contributed by atoms with Gasteiger partial charge < -0.3 is 10.5 Å². The van der Waals surface area contributed by atoms with Gasteiger partial charge in [0.25, 0.3) is 0 Å². The summed E-state index contributed by atoms with van der Waals surface area (Å²) in [7, 11) is 0. The standard InChI is InChI=1S/C7H11N5O3S/c1-2-15-7(14)9-4(13)3-16-6-10-5(8)11-12-6/h2-3H2,1H3,(H,9,13,14)(H3,8,10,11,12). The molecule has 4 N–H and O–H groups in total. The lowest BCUT2D eigenvalue weighted by molar-refractivity contribution is -0.117. The molecule has 1 aromatic rings. The number of amides is 2. The summed E-state index contributed by atoms with van der Waals surface area (Å²) in [6.07, 6.45) is -0.761. The summed E-state index contributed by atoms with van der Waals surface area (Å²) < 4.78 is 4.53. The number of anilines is 1. The third kappa shape index (κ3) is 4.17. The first-order valence-corrected chi connectivity index (χ1v) is 5.37. The highest BCUT2D eigenvalue weighted by molar-refractivity contribution is 7.99. The molecule has 9 heteroatoms. The van der Waals surface area contributed by atoms with Crippen LogP contribution in [-0.4, -0.2) is 39.5 Å². The van der Waals surface area contributed by atoms with Crippen molar-refractivity contribution >= 4 is 29.7 Å². The van der Waals surface area contributed by atoms with Crippen LogP contribution in [0.4, 0.5) is 10.7 Å². The molecule has 0 aliphatic carbocycles. The van der Waals surface area contributed by atoms with Gasteiger partial charge in [-0.15, -0.1) is 5.10 Å². The monoisotopic (exact) mass is 245 g/mol. The number of carbonyl (C=O) groups is 2. The summed E-state index contributed by atoms with van der Waals surface area (Å²) in [6.45, 7) is 1.86. The Morgan fingerprint density at radius 1 is 1.62 bits per heavy atom. The Hall–Kier alpha value is -1.77. The minimum absolute atomic E-state index is 0.0100. The van der Waals surface area contributed by atoms with Crippen LogP contribution < -0.4 is 11.1 Å². The largest absolute Gasteiger partial charge is 0.450 e. The molecule has 0 unspecified atom stereocenters. The first kappa shape index (κ1) is 12.3. The van der Waals surface area contributed by atoms with E-state index < -0.39 is 12.0 Å². The number of aromatic nitrogens is 3. The molecule has 2 amide bonds. The highest BCUT2D eigenvalue weighted by atomic mass is 32.2. The maximum atomic E-state index is 11.2. The molecule has 0 aromatic carbocycles. The molecule has 0 saturated carbocycles. The molecular weight excluding hydrogens is 234 g/mol. The van der Waals surface area contributed by atoms with Crippen LogP contribution in [0, 0.1) is 0 Å². The number of nitrogen functional groups attached to an aromatic ring is 1. The quantitative estimate of drug-likeness (QED) is 0.625. The van der Waals surface area contributed by atoms with E-state index in [0.717, 1.165) is 11.8 Å². The van der Waals surface area contributed by atoms with Gasteiger partial charge in [0.05, 0.1) is 12.4 Å². The van der Waals surface area contributed by atoms with E-state index in [1.165, 1.54) is 0 Å². The molecule has 16 heavy (non-hydrogen) atoms. The van der Waals surface area contributed by atoms with Gasteiger partial charge in [0.2, 0.25) is 17.0 Å². The van der Waals surface area contributed by atoms with Crippen molar-refractivity contribution in [3.63, 3.8) is 0 Å². The van der Waals surface area contributed by atoms with Gasteiger partial charge in [0.15, 0.2) is 0 Å². The average Bonchev–Trinajstić information content (AvgIpc) is 2.61. The molecule has 0 radical (unpaired) electrons. The van der Waals surface area contributed by atoms with Crippen LogP contribution in [0.15, 0.2) is 5.16 Å². The van der Waals surface area contributed by atoms with Crippen molar-refractivity contribution in [2.45, 2.75) is 12.1 Å². The summed E-state index contributed by atoms with van der Waals surface area (Å²) in [6, 6.07) is 0. The number of ether oxygens (including phenoxy) is 1. The van der Waals surface area contributed by atoms with E-state index in [4.69, 9.17) is 5.73 Å². The summed E-state index contributed by atoms with van der Waals surface area (Å²) in [5.74, 6) is -0.295. The minimum Gasteiger partial charge on any atom is -0.450 e. The van der Waals surface area contributed by atoms with Gasteiger partial charge in [-0.25, -0.2) is 9.89 Å². The number of hydrogen-bond acceptors (Lipinski definition) is 7. The first-order chi connectivity index (χ1) is 7.61. The fourth-order valence-corrected chi connectivity index (χ4v) is 1.38. The highest BCUT2D eigenvalue weighted by Crippen LogP contribution is 2.11. The third-order valence-corrected chi connectivity index (χ3v) is 2.18. The van der Waals surface area contributed by atoms with Crippen LogP contribution in [0.5, 0.6) is 0 Å². The van der Waals surface area contributed by atoms with Crippen LogP contribution in [0.3, 0.4) is 0 Å². The topological polar surface area (TPSA) is 123 Å². The van der Waals surface area contributed by atoms with E-state index in [0.29, 0.717) is 5.16 Å². The number of alkyl carbamates (subject to hydrolysis) is 1. The van der Waals surface area contributed by atoms with E-state index in [1.54, 1.807) is 6.92 Å². The van der Waals surface area contributed by atoms with Crippen molar-refractivity contribution in [3.05, 3.63) is 0 Å². The zero-order chi connectivity index (χ0) is 12.0. The molecule has 0 aliphatic rings. The number of imide groups is 1. The second kappa shape index (κ2) is 5.95. The van der Waals surface area contributed by atoms with Crippen LogP contribution in [0.2, 0.25) is 0 Å². The van der Waals surface area contributed by atoms with Gasteiger partial charge in [0, 0.05) is 0 Å². The van der Waals surface area contributed by atoms with Gasteiger partial charge in [-0.3, -0.25) is 10.1 Å². The normalized spacial score (nSPS) is 9.81. The molecule has 88 valence electrons. The summed E-state index contributed by atoms with van der Waals surface area (Å²) in [5.41, 5.74) is 5.29. The predicted molar refractivity (Wildman–Crippen MR) is 56.7 cm³/mol. The Kier molecular flexibility index (Phi) is 4.58. The summed E-state index contributed by atoms with van der Waals surface area (Å²) >= 11 is 1.06. The van der Waals surface area contributed by atoms with E-state index >= 15 is 0 Å². The molecule has 0 aliphatic heterocycles. The number of nitrogens with zero attached hydrogens (tertiary/aromatic N) is 2. The zero-order valence-electron chi connectivity index (χ0n) is 8.52. The fraction of sp³-hybridized carbons (Fsp3) is 0.429. The van der Waals surface area contributed by atoms with Crippen molar-refractivity contribution in [3.8, 4) is 0 Å². The van der Waals surface area contributed by atoms with E-state index in [1.807, 2.05) is 5.32 Å². The molecule has 0 atom stereocenters. The summed E-state index contributed by atoms with van der Waals surface area (Å²) in [5, 5.41) is 8.52. The lowest BCUT2D eigenvalue weighted by Crippen LogP contribution is -2.32. The number of H-pyrrole nitrogens is 1. The minimum atomic E-state index is -0.761. The number of aromatic amines is 1. The zero-order valence-corrected chi connectivity index (χ0v) is 9.34. The van der Waals surface area contributed by atoms with E-state index in [-0.39, 0.29) is 18.3 Å². The van der Waals surface area contributed by atoms with Crippen LogP contribution in [0.25, 0.3) is 0 Å².